The van der Waals surface area contributed by atoms with Crippen LogP contribution in [0.1, 0.15) is 13.3 Å². The predicted octanol–water partition coefficient (Wildman–Crippen LogP) is 7.97. The van der Waals surface area contributed by atoms with Crippen molar-refractivity contribution < 1.29 is 9.59 Å². The number of hydrogen-bond donors (Lipinski definition) is 2. The molecule has 3 unspecified atom stereocenters. The van der Waals surface area contributed by atoms with E-state index in [1.54, 1.807) is 11.8 Å². The number of benzene rings is 3. The van der Waals surface area contributed by atoms with E-state index < -0.39 is 0 Å². The zero-order valence-corrected chi connectivity index (χ0v) is 23.4. The van der Waals surface area contributed by atoms with Crippen LogP contribution in [0.5, 0.6) is 0 Å². The number of para-hydroxylation sites is 1. The largest absolute Gasteiger partial charge is 0.326 e. The summed E-state index contributed by atoms with van der Waals surface area (Å²) in [5.41, 5.74) is 2.37. The van der Waals surface area contributed by atoms with Crippen LogP contribution < -0.4 is 15.5 Å². The molecule has 1 heterocycles. The van der Waals surface area contributed by atoms with Crippen molar-refractivity contribution in [2.24, 2.45) is 0 Å². The lowest BCUT2D eigenvalue weighted by Gasteiger charge is -2.40. The monoisotopic (exact) mass is 591 g/mol. The molecule has 0 bridgehead atoms. The van der Waals surface area contributed by atoms with Crippen molar-refractivity contribution in [3.05, 3.63) is 102 Å². The van der Waals surface area contributed by atoms with Crippen LogP contribution in [0.25, 0.3) is 0 Å². The molecule has 0 spiro atoms. The number of carbonyl (C=O) groups is 2. The first kappa shape index (κ1) is 25.7. The Kier molecular flexibility index (Phi) is 8.08. The van der Waals surface area contributed by atoms with Crippen LogP contribution in [0.2, 0.25) is 0 Å². The van der Waals surface area contributed by atoms with E-state index in [0.29, 0.717) is 12.1 Å². The Morgan fingerprint density at radius 3 is 2.57 bits per heavy atom. The van der Waals surface area contributed by atoms with Gasteiger partial charge < -0.3 is 10.6 Å². The maximum atomic E-state index is 13.6. The minimum Gasteiger partial charge on any atom is -0.325 e. The number of amides is 3. The van der Waals surface area contributed by atoms with E-state index in [-0.39, 0.29) is 28.5 Å². The summed E-state index contributed by atoms with van der Waals surface area (Å²) in [6.07, 6.45) is 8.93. The minimum absolute atomic E-state index is 0.0464. The summed E-state index contributed by atoms with van der Waals surface area (Å²) in [6.45, 7) is 2.00. The van der Waals surface area contributed by atoms with Crippen molar-refractivity contribution in [2.75, 3.05) is 15.5 Å². The Morgan fingerprint density at radius 2 is 1.76 bits per heavy atom. The van der Waals surface area contributed by atoms with Gasteiger partial charge in [0, 0.05) is 25.6 Å². The van der Waals surface area contributed by atoms with E-state index in [1.165, 1.54) is 11.8 Å². The smallest absolute Gasteiger partial charge is 0.325 e. The van der Waals surface area contributed by atoms with Gasteiger partial charge in [-0.15, -0.1) is 23.5 Å². The molecule has 0 saturated carbocycles. The summed E-state index contributed by atoms with van der Waals surface area (Å²) >= 11 is 6.69. The van der Waals surface area contributed by atoms with Gasteiger partial charge in [-0.25, -0.2) is 4.79 Å². The zero-order chi connectivity index (χ0) is 25.8. The number of halogens is 1. The number of thioether (sulfide) groups is 2. The van der Waals surface area contributed by atoms with Crippen LogP contribution in [-0.4, -0.2) is 28.5 Å². The molecule has 3 aromatic rings. The van der Waals surface area contributed by atoms with Crippen molar-refractivity contribution in [2.45, 2.75) is 39.7 Å². The van der Waals surface area contributed by atoms with Crippen molar-refractivity contribution in [3.8, 4) is 0 Å². The van der Waals surface area contributed by atoms with Gasteiger partial charge in [-0.05, 0) is 61.0 Å². The first-order valence-corrected chi connectivity index (χ1v) is 14.6. The molecule has 0 fully saturated rings. The van der Waals surface area contributed by atoms with Crippen LogP contribution in [-0.2, 0) is 4.79 Å². The van der Waals surface area contributed by atoms with Crippen LogP contribution in [0.3, 0.4) is 0 Å². The molecule has 3 amide bonds. The topological polar surface area (TPSA) is 61.4 Å². The molecule has 5 rings (SSSR count). The highest BCUT2D eigenvalue weighted by atomic mass is 79.9. The number of nitrogens with one attached hydrogen (secondary N) is 2. The third-order valence-corrected chi connectivity index (χ3v) is 9.29. The molecule has 5 nitrogen and oxygen atoms in total. The van der Waals surface area contributed by atoms with Gasteiger partial charge in [-0.2, -0.15) is 0 Å². The van der Waals surface area contributed by atoms with Crippen molar-refractivity contribution >= 4 is 68.5 Å². The fourth-order valence-electron chi connectivity index (χ4n) is 4.30. The highest BCUT2D eigenvalue weighted by Crippen LogP contribution is 2.43. The summed E-state index contributed by atoms with van der Waals surface area (Å²) in [7, 11) is 0. The number of rotatable bonds is 6. The number of fused-ring (bicyclic) bond motifs is 2. The number of hydrogen-bond acceptors (Lipinski definition) is 4. The second kappa shape index (κ2) is 11.6. The Morgan fingerprint density at radius 1 is 0.973 bits per heavy atom. The van der Waals surface area contributed by atoms with Gasteiger partial charge in [-0.1, -0.05) is 65.4 Å². The van der Waals surface area contributed by atoms with E-state index in [0.717, 1.165) is 25.6 Å². The molecule has 1 aliphatic heterocycles. The highest BCUT2D eigenvalue weighted by Gasteiger charge is 2.36. The summed E-state index contributed by atoms with van der Waals surface area (Å²) in [5, 5.41) is 5.99. The summed E-state index contributed by atoms with van der Waals surface area (Å²) < 4.78 is 0.962. The average molecular weight is 593 g/mol. The number of urea groups is 1. The molecule has 3 aromatic carbocycles. The van der Waals surface area contributed by atoms with E-state index in [9.17, 15) is 9.59 Å². The highest BCUT2D eigenvalue weighted by molar-refractivity contribution is 9.10. The molecule has 2 aliphatic rings. The second-order valence-corrected chi connectivity index (χ2v) is 12.1. The Hall–Kier alpha value is -2.94. The number of allylic oxidation sites excluding steroid dienone is 2. The second-order valence-electron chi connectivity index (χ2n) is 8.65. The molecule has 0 aromatic heterocycles. The molecule has 188 valence electrons. The van der Waals surface area contributed by atoms with E-state index >= 15 is 0 Å². The van der Waals surface area contributed by atoms with Crippen molar-refractivity contribution in [1.82, 2.24) is 0 Å². The molecule has 8 heteroatoms. The molecular weight excluding hydrogens is 566 g/mol. The number of nitrogens with zero attached hydrogens (tertiary/aromatic N) is 1. The zero-order valence-electron chi connectivity index (χ0n) is 20.1. The fourth-order valence-corrected chi connectivity index (χ4v) is 6.83. The first-order chi connectivity index (χ1) is 18.0. The van der Waals surface area contributed by atoms with Crippen molar-refractivity contribution in [1.29, 1.82) is 0 Å². The third kappa shape index (κ3) is 5.98. The van der Waals surface area contributed by atoms with E-state index in [1.807, 2.05) is 90.7 Å². The van der Waals surface area contributed by atoms with E-state index in [2.05, 4.69) is 44.8 Å². The minimum atomic E-state index is -0.263. The standard InChI is InChI=1S/C29H26BrN3O2S2/c1-2-25(28(34)31-20-16-14-19(30)15-17-20)36-22-9-7-8-21(18-22)32-29(35)33-23-10-3-5-12-26(23)37-27-13-6-4-11-24(27)33/h3-18,23,25-26H,2H2,1H3,(H,31,34)(H,32,35). The average Bonchev–Trinajstić information content (AvgIpc) is 2.91. The molecule has 0 saturated heterocycles. The van der Waals surface area contributed by atoms with Gasteiger partial charge >= 0.3 is 6.03 Å². The van der Waals surface area contributed by atoms with Crippen LogP contribution in [0, 0.1) is 0 Å². The van der Waals surface area contributed by atoms with Gasteiger partial charge in [0.05, 0.1) is 22.2 Å². The fraction of sp³-hybridized carbons (Fsp3) is 0.172. The van der Waals surface area contributed by atoms with Crippen molar-refractivity contribution in [3.63, 3.8) is 0 Å². The summed E-state index contributed by atoms with van der Waals surface area (Å²) in [4.78, 5) is 30.4. The maximum absolute atomic E-state index is 13.6. The molecule has 1 aliphatic carbocycles. The summed E-state index contributed by atoms with van der Waals surface area (Å²) in [5.74, 6) is -0.0464. The SMILES string of the molecule is CCC(Sc1cccc(NC(=O)N2c3ccccc3SC3C=CC=CC32)c1)C(=O)Nc1ccc(Br)cc1. The first-order valence-electron chi connectivity index (χ1n) is 12.1. The van der Waals surface area contributed by atoms with Crippen LogP contribution >= 0.6 is 39.5 Å². The summed E-state index contributed by atoms with van der Waals surface area (Å²) in [6, 6.07) is 23.0. The van der Waals surface area contributed by atoms with Gasteiger partial charge in [0.1, 0.15) is 0 Å². The normalized spacial score (nSPS) is 18.5. The third-order valence-electron chi connectivity index (χ3n) is 6.10. The Balaban J connectivity index is 1.30. The number of carbonyl (C=O) groups excluding carboxylic acids is 2. The maximum Gasteiger partial charge on any atom is 0.326 e. The molecular formula is C29H26BrN3O2S2. The number of anilines is 3. The molecule has 37 heavy (non-hydrogen) atoms. The quantitative estimate of drug-likeness (QED) is 0.285. The molecule has 2 N–H and O–H groups in total. The van der Waals surface area contributed by atoms with Crippen LogP contribution in [0.4, 0.5) is 21.9 Å². The molecule has 3 atom stereocenters. The lowest BCUT2D eigenvalue weighted by atomic mass is 10.1. The lowest BCUT2D eigenvalue weighted by molar-refractivity contribution is -0.115. The molecule has 0 radical (unpaired) electrons. The van der Waals surface area contributed by atoms with Gasteiger partial charge in [0.15, 0.2) is 0 Å². The lowest BCUT2D eigenvalue weighted by Crippen LogP contribution is -2.49. The van der Waals surface area contributed by atoms with Gasteiger partial charge in [-0.3, -0.25) is 9.69 Å². The van der Waals surface area contributed by atoms with E-state index in [4.69, 9.17) is 0 Å². The Bertz CT molecular complexity index is 1360. The van der Waals surface area contributed by atoms with Gasteiger partial charge in [0.2, 0.25) is 5.91 Å². The predicted molar refractivity (Wildman–Crippen MR) is 159 cm³/mol. The van der Waals surface area contributed by atoms with Crippen LogP contribution in [0.15, 0.2) is 111 Å². The Labute approximate surface area is 233 Å². The van der Waals surface area contributed by atoms with Gasteiger partial charge in [0.25, 0.3) is 0 Å².